The highest BCUT2D eigenvalue weighted by Gasteiger charge is 2.33. The summed E-state index contributed by atoms with van der Waals surface area (Å²) in [6.45, 7) is 0.337. The van der Waals surface area contributed by atoms with Crippen LogP contribution in [0.3, 0.4) is 0 Å². The first-order chi connectivity index (χ1) is 9.65. The Morgan fingerprint density at radius 1 is 1.40 bits per heavy atom. The van der Waals surface area contributed by atoms with Gasteiger partial charge < -0.3 is 4.90 Å². The Labute approximate surface area is 129 Å². The summed E-state index contributed by atoms with van der Waals surface area (Å²) >= 11 is 4.86. The molecule has 5 heteroatoms. The number of nitrogens with zero attached hydrogens (tertiary/aromatic N) is 1. The van der Waals surface area contributed by atoms with Crippen molar-refractivity contribution >= 4 is 33.2 Å². The van der Waals surface area contributed by atoms with Crippen LogP contribution in [0.5, 0.6) is 0 Å². The van der Waals surface area contributed by atoms with E-state index in [2.05, 4.69) is 15.9 Å². The number of hydrogen-bond acceptors (Lipinski definition) is 2. The van der Waals surface area contributed by atoms with E-state index in [9.17, 15) is 9.18 Å². The van der Waals surface area contributed by atoms with Crippen molar-refractivity contribution in [3.63, 3.8) is 0 Å². The molecule has 1 heterocycles. The van der Waals surface area contributed by atoms with Crippen LogP contribution in [0.1, 0.15) is 28.8 Å². The van der Waals surface area contributed by atoms with Gasteiger partial charge in [-0.05, 0) is 40.9 Å². The van der Waals surface area contributed by atoms with Crippen LogP contribution in [0.2, 0.25) is 0 Å². The van der Waals surface area contributed by atoms with E-state index in [0.29, 0.717) is 17.7 Å². The zero-order valence-corrected chi connectivity index (χ0v) is 13.1. The average Bonchev–Trinajstić information content (AvgIpc) is 3.18. The van der Waals surface area contributed by atoms with Gasteiger partial charge in [0.15, 0.2) is 0 Å². The van der Waals surface area contributed by atoms with Crippen LogP contribution < -0.4 is 0 Å². The molecule has 1 aliphatic rings. The average molecular weight is 354 g/mol. The van der Waals surface area contributed by atoms with Crippen molar-refractivity contribution in [3.8, 4) is 0 Å². The summed E-state index contributed by atoms with van der Waals surface area (Å²) in [5.74, 6) is -0.268. The van der Waals surface area contributed by atoms with E-state index in [1.54, 1.807) is 23.1 Å². The van der Waals surface area contributed by atoms with Crippen LogP contribution in [0, 0.1) is 5.82 Å². The van der Waals surface area contributed by atoms with Crippen molar-refractivity contribution in [1.82, 2.24) is 4.90 Å². The molecule has 3 rings (SSSR count). The standard InChI is InChI=1S/C15H13BrFNOS/c16-14-7-11(9-20-14)15(19)18(12-5-6-12)8-10-3-1-2-4-13(10)17/h1-4,7,9,12H,5-6,8H2. The van der Waals surface area contributed by atoms with Crippen LogP contribution in [0.25, 0.3) is 0 Å². The molecule has 0 N–H and O–H groups in total. The first-order valence-corrected chi connectivity index (χ1v) is 8.11. The Hall–Kier alpha value is -1.20. The molecule has 0 aliphatic heterocycles. The van der Waals surface area contributed by atoms with Gasteiger partial charge in [0.1, 0.15) is 5.82 Å². The fourth-order valence-electron chi connectivity index (χ4n) is 2.15. The summed E-state index contributed by atoms with van der Waals surface area (Å²) in [6.07, 6.45) is 2.01. The fourth-order valence-corrected chi connectivity index (χ4v) is 3.28. The Morgan fingerprint density at radius 3 is 2.75 bits per heavy atom. The predicted molar refractivity (Wildman–Crippen MR) is 81.3 cm³/mol. The van der Waals surface area contributed by atoms with Gasteiger partial charge in [-0.15, -0.1) is 11.3 Å². The first-order valence-electron chi connectivity index (χ1n) is 6.43. The number of amides is 1. The number of hydrogen-bond donors (Lipinski definition) is 0. The summed E-state index contributed by atoms with van der Waals surface area (Å²) in [5, 5.41) is 1.84. The molecule has 0 spiro atoms. The van der Waals surface area contributed by atoms with Crippen molar-refractivity contribution < 1.29 is 9.18 Å². The molecular weight excluding hydrogens is 341 g/mol. The molecule has 1 aromatic heterocycles. The second kappa shape index (κ2) is 5.66. The lowest BCUT2D eigenvalue weighted by atomic mass is 10.2. The summed E-state index contributed by atoms with van der Waals surface area (Å²) in [5.41, 5.74) is 1.24. The van der Waals surface area contributed by atoms with Crippen LogP contribution in [-0.4, -0.2) is 16.8 Å². The van der Waals surface area contributed by atoms with E-state index in [4.69, 9.17) is 0 Å². The molecule has 20 heavy (non-hydrogen) atoms. The molecule has 2 aromatic rings. The Bertz CT molecular complexity index is 638. The van der Waals surface area contributed by atoms with Crippen LogP contribution in [-0.2, 0) is 6.54 Å². The Balaban J connectivity index is 1.83. The minimum Gasteiger partial charge on any atom is -0.331 e. The van der Waals surface area contributed by atoms with Gasteiger partial charge in [-0.1, -0.05) is 18.2 Å². The van der Waals surface area contributed by atoms with E-state index in [-0.39, 0.29) is 17.8 Å². The van der Waals surface area contributed by atoms with Crippen LogP contribution in [0.4, 0.5) is 4.39 Å². The normalized spacial score (nSPS) is 14.3. The fraction of sp³-hybridized carbons (Fsp3) is 0.267. The molecular formula is C15H13BrFNOS. The Morgan fingerprint density at radius 2 is 2.15 bits per heavy atom. The maximum atomic E-state index is 13.8. The third-order valence-electron chi connectivity index (χ3n) is 3.36. The highest BCUT2D eigenvalue weighted by Crippen LogP contribution is 2.31. The van der Waals surface area contributed by atoms with Gasteiger partial charge in [0.2, 0.25) is 0 Å². The quantitative estimate of drug-likeness (QED) is 0.794. The van der Waals surface area contributed by atoms with Gasteiger partial charge in [0.25, 0.3) is 5.91 Å². The molecule has 104 valence electrons. The summed E-state index contributed by atoms with van der Waals surface area (Å²) < 4.78 is 14.7. The lowest BCUT2D eigenvalue weighted by molar-refractivity contribution is 0.0729. The van der Waals surface area contributed by atoms with Crippen LogP contribution >= 0.6 is 27.3 Å². The number of benzene rings is 1. The number of rotatable bonds is 4. The van der Waals surface area contributed by atoms with E-state index < -0.39 is 0 Å². The van der Waals surface area contributed by atoms with Crippen molar-refractivity contribution in [1.29, 1.82) is 0 Å². The number of carbonyl (C=O) groups excluding carboxylic acids is 1. The molecule has 0 atom stereocenters. The smallest absolute Gasteiger partial charge is 0.255 e. The Kier molecular flexibility index (Phi) is 3.89. The third kappa shape index (κ3) is 2.94. The zero-order valence-electron chi connectivity index (χ0n) is 10.7. The van der Waals surface area contributed by atoms with E-state index in [1.807, 2.05) is 11.4 Å². The second-order valence-electron chi connectivity index (χ2n) is 4.90. The lowest BCUT2D eigenvalue weighted by Crippen LogP contribution is -2.32. The molecule has 1 aliphatic carbocycles. The van der Waals surface area contributed by atoms with Gasteiger partial charge >= 0.3 is 0 Å². The first kappa shape index (κ1) is 13.8. The molecule has 0 saturated heterocycles. The van der Waals surface area contributed by atoms with Gasteiger partial charge in [-0.25, -0.2) is 4.39 Å². The van der Waals surface area contributed by atoms with Crippen molar-refractivity contribution in [3.05, 3.63) is 56.4 Å². The molecule has 0 unspecified atom stereocenters. The van der Waals surface area contributed by atoms with Crippen molar-refractivity contribution in [2.45, 2.75) is 25.4 Å². The lowest BCUT2D eigenvalue weighted by Gasteiger charge is -2.22. The highest BCUT2D eigenvalue weighted by molar-refractivity contribution is 9.11. The van der Waals surface area contributed by atoms with Crippen LogP contribution in [0.15, 0.2) is 39.5 Å². The highest BCUT2D eigenvalue weighted by atomic mass is 79.9. The summed E-state index contributed by atoms with van der Waals surface area (Å²) in [7, 11) is 0. The zero-order chi connectivity index (χ0) is 14.1. The molecule has 2 nitrogen and oxygen atoms in total. The molecule has 1 fully saturated rings. The maximum absolute atomic E-state index is 13.8. The maximum Gasteiger partial charge on any atom is 0.255 e. The van der Waals surface area contributed by atoms with E-state index >= 15 is 0 Å². The van der Waals surface area contributed by atoms with Crippen molar-refractivity contribution in [2.24, 2.45) is 0 Å². The minimum absolute atomic E-state index is 0.0160. The van der Waals surface area contributed by atoms with Gasteiger partial charge in [0, 0.05) is 23.5 Å². The van der Waals surface area contributed by atoms with Crippen molar-refractivity contribution in [2.75, 3.05) is 0 Å². The monoisotopic (exact) mass is 353 g/mol. The number of thiophene rings is 1. The molecule has 1 amide bonds. The SMILES string of the molecule is O=C(c1csc(Br)c1)N(Cc1ccccc1F)C1CC1. The van der Waals surface area contributed by atoms with Gasteiger partial charge in [0.05, 0.1) is 9.35 Å². The number of carbonyl (C=O) groups is 1. The molecule has 0 bridgehead atoms. The second-order valence-corrected chi connectivity index (χ2v) is 7.19. The molecule has 1 aromatic carbocycles. The van der Waals surface area contributed by atoms with Gasteiger partial charge in [-0.3, -0.25) is 4.79 Å². The topological polar surface area (TPSA) is 20.3 Å². The largest absolute Gasteiger partial charge is 0.331 e. The molecule has 1 saturated carbocycles. The van der Waals surface area contributed by atoms with E-state index in [0.717, 1.165) is 16.6 Å². The van der Waals surface area contributed by atoms with Gasteiger partial charge in [-0.2, -0.15) is 0 Å². The summed E-state index contributed by atoms with van der Waals surface area (Å²) in [6, 6.07) is 8.71. The summed E-state index contributed by atoms with van der Waals surface area (Å²) in [4.78, 5) is 14.3. The minimum atomic E-state index is -0.252. The van der Waals surface area contributed by atoms with E-state index in [1.165, 1.54) is 17.4 Å². The third-order valence-corrected chi connectivity index (χ3v) is 4.87. The molecule has 0 radical (unpaired) electrons. The number of halogens is 2. The predicted octanol–water partition coefficient (Wildman–Crippen LogP) is 4.45.